The van der Waals surface area contributed by atoms with Gasteiger partial charge in [0.05, 0.1) is 24.4 Å². The molecule has 2 N–H and O–H groups in total. The van der Waals surface area contributed by atoms with E-state index in [1.807, 2.05) is 30.7 Å². The topological polar surface area (TPSA) is 71.9 Å². The number of benzene rings is 1. The minimum Gasteiger partial charge on any atom is -0.379 e. The second-order valence-electron chi connectivity index (χ2n) is 6.66. The van der Waals surface area contributed by atoms with E-state index in [0.717, 1.165) is 40.9 Å². The molecule has 0 saturated carbocycles. The van der Waals surface area contributed by atoms with Gasteiger partial charge in [-0.05, 0) is 49.4 Å². The highest BCUT2D eigenvalue weighted by molar-refractivity contribution is 5.95. The standard InChI is InChI=1S/C19H22N4O2/c1-12-7-15-8-14(3-4-18(15)22-12)9-20-19(24)17-10-21-23(13(17)2)16-5-6-25-11-16/h3-4,7-8,10,16,22H,5-6,9,11H2,1-2H3,(H,20,24)/t16-/m0/s1. The number of nitrogens with zero attached hydrogens (tertiary/aromatic N) is 2. The Morgan fingerprint density at radius 2 is 2.28 bits per heavy atom. The number of amides is 1. The Labute approximate surface area is 146 Å². The Bertz CT molecular complexity index is 919. The summed E-state index contributed by atoms with van der Waals surface area (Å²) in [5.74, 6) is -0.0898. The molecule has 3 heterocycles. The molecule has 6 heteroatoms. The van der Waals surface area contributed by atoms with E-state index in [1.54, 1.807) is 6.20 Å². The van der Waals surface area contributed by atoms with Crippen LogP contribution in [-0.2, 0) is 11.3 Å². The monoisotopic (exact) mass is 338 g/mol. The van der Waals surface area contributed by atoms with Crippen molar-refractivity contribution in [3.8, 4) is 0 Å². The first-order valence-electron chi connectivity index (χ1n) is 8.60. The summed E-state index contributed by atoms with van der Waals surface area (Å²) < 4.78 is 7.33. The van der Waals surface area contributed by atoms with Gasteiger partial charge in [-0.25, -0.2) is 0 Å². The molecular weight excluding hydrogens is 316 g/mol. The number of rotatable bonds is 4. The van der Waals surface area contributed by atoms with Crippen molar-refractivity contribution in [1.29, 1.82) is 0 Å². The van der Waals surface area contributed by atoms with Gasteiger partial charge in [0.15, 0.2) is 0 Å². The van der Waals surface area contributed by atoms with E-state index in [2.05, 4.69) is 27.5 Å². The summed E-state index contributed by atoms with van der Waals surface area (Å²) in [5.41, 5.74) is 4.85. The Morgan fingerprint density at radius 1 is 1.40 bits per heavy atom. The smallest absolute Gasteiger partial charge is 0.255 e. The highest BCUT2D eigenvalue weighted by Gasteiger charge is 2.23. The quantitative estimate of drug-likeness (QED) is 0.768. The minimum atomic E-state index is -0.0898. The van der Waals surface area contributed by atoms with Crippen LogP contribution in [0.5, 0.6) is 0 Å². The fraction of sp³-hybridized carbons (Fsp3) is 0.368. The zero-order chi connectivity index (χ0) is 17.4. The van der Waals surface area contributed by atoms with Crippen LogP contribution in [0.25, 0.3) is 10.9 Å². The van der Waals surface area contributed by atoms with E-state index in [-0.39, 0.29) is 11.9 Å². The number of ether oxygens (including phenoxy) is 1. The van der Waals surface area contributed by atoms with E-state index >= 15 is 0 Å². The molecule has 0 radical (unpaired) electrons. The maximum Gasteiger partial charge on any atom is 0.255 e. The molecule has 4 rings (SSSR count). The van der Waals surface area contributed by atoms with Gasteiger partial charge < -0.3 is 15.0 Å². The number of aromatic amines is 1. The Hall–Kier alpha value is -2.60. The lowest BCUT2D eigenvalue weighted by molar-refractivity contribution is 0.0950. The van der Waals surface area contributed by atoms with Crippen molar-refractivity contribution in [3.05, 3.63) is 53.0 Å². The molecular formula is C19H22N4O2. The van der Waals surface area contributed by atoms with Gasteiger partial charge in [-0.15, -0.1) is 0 Å². The molecule has 0 bridgehead atoms. The minimum absolute atomic E-state index is 0.0898. The average molecular weight is 338 g/mol. The number of fused-ring (bicyclic) bond motifs is 1. The molecule has 6 nitrogen and oxygen atoms in total. The molecule has 1 saturated heterocycles. The van der Waals surface area contributed by atoms with E-state index in [0.29, 0.717) is 18.7 Å². The van der Waals surface area contributed by atoms with E-state index in [4.69, 9.17) is 4.74 Å². The predicted octanol–water partition coefficient (Wildman–Crippen LogP) is 2.87. The van der Waals surface area contributed by atoms with Crippen LogP contribution in [0.1, 0.15) is 39.8 Å². The summed E-state index contributed by atoms with van der Waals surface area (Å²) in [7, 11) is 0. The fourth-order valence-electron chi connectivity index (χ4n) is 3.44. The lowest BCUT2D eigenvalue weighted by Crippen LogP contribution is -2.23. The SMILES string of the molecule is Cc1cc2cc(CNC(=O)c3cnn([C@H]4CCOC4)c3C)ccc2[nH]1. The summed E-state index contributed by atoms with van der Waals surface area (Å²) in [6.07, 6.45) is 2.60. The van der Waals surface area contributed by atoms with Crippen molar-refractivity contribution < 1.29 is 9.53 Å². The second-order valence-corrected chi connectivity index (χ2v) is 6.66. The van der Waals surface area contributed by atoms with Gasteiger partial charge in [-0.2, -0.15) is 5.10 Å². The lowest BCUT2D eigenvalue weighted by atomic mass is 10.1. The van der Waals surface area contributed by atoms with Crippen molar-refractivity contribution in [2.24, 2.45) is 0 Å². The number of H-pyrrole nitrogens is 1. The van der Waals surface area contributed by atoms with Gasteiger partial charge in [0.25, 0.3) is 5.91 Å². The molecule has 3 aromatic rings. The van der Waals surface area contributed by atoms with E-state index in [9.17, 15) is 4.79 Å². The number of hydrogen-bond donors (Lipinski definition) is 2. The molecule has 1 atom stereocenters. The first kappa shape index (κ1) is 15.9. The third-order valence-corrected chi connectivity index (χ3v) is 4.81. The fourth-order valence-corrected chi connectivity index (χ4v) is 3.44. The Morgan fingerprint density at radius 3 is 3.08 bits per heavy atom. The Balaban J connectivity index is 1.46. The molecule has 130 valence electrons. The Kier molecular flexibility index (Phi) is 4.05. The van der Waals surface area contributed by atoms with Crippen molar-refractivity contribution in [1.82, 2.24) is 20.1 Å². The third kappa shape index (κ3) is 3.05. The molecule has 1 fully saturated rings. The van der Waals surface area contributed by atoms with Crippen molar-refractivity contribution >= 4 is 16.8 Å². The van der Waals surface area contributed by atoms with E-state index in [1.165, 1.54) is 0 Å². The highest BCUT2D eigenvalue weighted by Crippen LogP contribution is 2.21. The van der Waals surface area contributed by atoms with Crippen LogP contribution in [0.15, 0.2) is 30.5 Å². The maximum atomic E-state index is 12.5. The summed E-state index contributed by atoms with van der Waals surface area (Å²) >= 11 is 0. The molecule has 1 amide bonds. The summed E-state index contributed by atoms with van der Waals surface area (Å²) in [5, 5.41) is 8.55. The first-order valence-corrected chi connectivity index (χ1v) is 8.60. The number of aryl methyl sites for hydroxylation is 1. The molecule has 0 spiro atoms. The molecule has 2 aromatic heterocycles. The maximum absolute atomic E-state index is 12.5. The van der Waals surface area contributed by atoms with Crippen molar-refractivity contribution in [3.63, 3.8) is 0 Å². The lowest BCUT2D eigenvalue weighted by Gasteiger charge is -2.11. The number of nitrogens with one attached hydrogen (secondary N) is 2. The second kappa shape index (κ2) is 6.37. The van der Waals surface area contributed by atoms with Gasteiger partial charge in [0.1, 0.15) is 0 Å². The van der Waals surface area contributed by atoms with Gasteiger partial charge in [-0.3, -0.25) is 9.48 Å². The molecule has 1 aromatic carbocycles. The predicted molar refractivity (Wildman–Crippen MR) is 95.6 cm³/mol. The summed E-state index contributed by atoms with van der Waals surface area (Å²) in [6.45, 7) is 5.90. The third-order valence-electron chi connectivity index (χ3n) is 4.81. The zero-order valence-corrected chi connectivity index (χ0v) is 14.5. The van der Waals surface area contributed by atoms with Crippen LogP contribution in [-0.4, -0.2) is 33.9 Å². The van der Waals surface area contributed by atoms with Crippen molar-refractivity contribution in [2.75, 3.05) is 13.2 Å². The van der Waals surface area contributed by atoms with Crippen LogP contribution in [0.4, 0.5) is 0 Å². The van der Waals surface area contributed by atoms with Gasteiger partial charge in [-0.1, -0.05) is 6.07 Å². The summed E-state index contributed by atoms with van der Waals surface area (Å²) in [4.78, 5) is 15.8. The number of hydrogen-bond acceptors (Lipinski definition) is 3. The number of carbonyl (C=O) groups is 1. The van der Waals surface area contributed by atoms with Crippen LogP contribution in [0, 0.1) is 13.8 Å². The van der Waals surface area contributed by atoms with Crippen molar-refractivity contribution in [2.45, 2.75) is 32.9 Å². The molecule has 1 aliphatic heterocycles. The number of aromatic nitrogens is 3. The number of carbonyl (C=O) groups excluding carboxylic acids is 1. The zero-order valence-electron chi connectivity index (χ0n) is 14.5. The van der Waals surface area contributed by atoms with Gasteiger partial charge in [0.2, 0.25) is 0 Å². The average Bonchev–Trinajstić information content (AvgIpc) is 3.30. The van der Waals surface area contributed by atoms with Crippen LogP contribution < -0.4 is 5.32 Å². The molecule has 25 heavy (non-hydrogen) atoms. The molecule has 1 aliphatic rings. The van der Waals surface area contributed by atoms with Crippen LogP contribution in [0.2, 0.25) is 0 Å². The highest BCUT2D eigenvalue weighted by atomic mass is 16.5. The summed E-state index contributed by atoms with van der Waals surface area (Å²) in [6, 6.07) is 8.53. The van der Waals surface area contributed by atoms with Gasteiger partial charge >= 0.3 is 0 Å². The van der Waals surface area contributed by atoms with Crippen LogP contribution >= 0.6 is 0 Å². The van der Waals surface area contributed by atoms with E-state index < -0.39 is 0 Å². The van der Waals surface area contributed by atoms with Crippen LogP contribution in [0.3, 0.4) is 0 Å². The molecule has 0 aliphatic carbocycles. The first-order chi connectivity index (χ1) is 12.1. The normalized spacial score (nSPS) is 17.3. The largest absolute Gasteiger partial charge is 0.379 e. The molecule has 0 unspecified atom stereocenters. The van der Waals surface area contributed by atoms with Gasteiger partial charge in [0, 0.05) is 30.1 Å².